The molecule has 6 nitrogen and oxygen atoms in total. The number of amides is 1. The molecule has 1 amide bonds. The molecular formula is C39H58N4O2. The number of aliphatic hydroxyl groups is 1. The summed E-state index contributed by atoms with van der Waals surface area (Å²) in [6.07, 6.45) is 13.4. The zero-order valence-electron chi connectivity index (χ0n) is 28.9. The molecule has 0 aromatic carbocycles. The number of aliphatic hydroxyl groups excluding tert-OH is 1. The van der Waals surface area contributed by atoms with Crippen LogP contribution in [0.5, 0.6) is 0 Å². The van der Waals surface area contributed by atoms with Crippen molar-refractivity contribution in [1.29, 1.82) is 0 Å². The molecule has 0 radical (unpaired) electrons. The number of hydrogen-bond acceptors (Lipinski definition) is 5. The van der Waals surface area contributed by atoms with Crippen LogP contribution in [0, 0.1) is 44.8 Å². The van der Waals surface area contributed by atoms with E-state index in [1.165, 1.54) is 0 Å². The van der Waals surface area contributed by atoms with Crippen molar-refractivity contribution in [1.82, 2.24) is 10.3 Å². The highest BCUT2D eigenvalue weighted by atomic mass is 16.3. The Labute approximate surface area is 272 Å². The summed E-state index contributed by atoms with van der Waals surface area (Å²) in [4.78, 5) is 29.4. The minimum Gasteiger partial charge on any atom is -0.393 e. The Bertz CT molecular complexity index is 1380. The highest BCUT2D eigenvalue weighted by molar-refractivity contribution is 5.86. The molecule has 0 unspecified atom stereocenters. The van der Waals surface area contributed by atoms with E-state index in [2.05, 4.69) is 77.9 Å². The second-order valence-corrected chi connectivity index (χ2v) is 17.1. The van der Waals surface area contributed by atoms with Gasteiger partial charge in [0.15, 0.2) is 0 Å². The van der Waals surface area contributed by atoms with Crippen LogP contribution in [0.3, 0.4) is 0 Å². The van der Waals surface area contributed by atoms with E-state index >= 15 is 0 Å². The predicted molar refractivity (Wildman–Crippen MR) is 184 cm³/mol. The molecule has 6 heteroatoms. The molecule has 5 aliphatic carbocycles. The van der Waals surface area contributed by atoms with Gasteiger partial charge in [-0.1, -0.05) is 52.8 Å². The lowest BCUT2D eigenvalue weighted by Gasteiger charge is -2.77. The Hall–Kier alpha value is -2.34. The van der Waals surface area contributed by atoms with Gasteiger partial charge in [-0.15, -0.1) is 0 Å². The van der Waals surface area contributed by atoms with Crippen molar-refractivity contribution in [2.75, 3.05) is 6.54 Å². The Balaban J connectivity index is 1.42. The Morgan fingerprint density at radius 3 is 2.33 bits per heavy atom. The maximum atomic E-state index is 14.6. The standard InChI is InChI=1S/C39H58N4O2/c1-26(2)28-12-19-37(32(45)43-24-16-27-11-10-23-42-25-27)22-21-34(5)30(39(28,37)41-9)14-20-38(40-8)35(6)17-15-31(44)33(3,4)29(35)13-18-36(34,38)7/h10-11,23,25,28-31,44H,1,8-9,12-22,24H2,2-7H3,(H,43,45)/t28-,29-,30-,31-,34+,35-,36-,37+,38-,39-/m0/s1. The molecule has 0 saturated heterocycles. The summed E-state index contributed by atoms with van der Waals surface area (Å²) in [5, 5.41) is 14.6. The quantitative estimate of drug-likeness (QED) is 0.248. The van der Waals surface area contributed by atoms with E-state index in [1.807, 2.05) is 12.3 Å². The van der Waals surface area contributed by atoms with Crippen LogP contribution < -0.4 is 5.32 Å². The highest BCUT2D eigenvalue weighted by Gasteiger charge is 2.80. The number of nitrogens with zero attached hydrogens (tertiary/aromatic N) is 3. The van der Waals surface area contributed by atoms with Crippen molar-refractivity contribution in [3.63, 3.8) is 0 Å². The summed E-state index contributed by atoms with van der Waals surface area (Å²) in [7, 11) is 0. The lowest BCUT2D eigenvalue weighted by Crippen LogP contribution is -2.77. The first kappa shape index (κ1) is 32.6. The van der Waals surface area contributed by atoms with Crippen LogP contribution in [0.15, 0.2) is 46.7 Å². The molecule has 1 aromatic heterocycles. The molecule has 5 fully saturated rings. The van der Waals surface area contributed by atoms with Crippen molar-refractivity contribution < 1.29 is 9.90 Å². The van der Waals surface area contributed by atoms with Gasteiger partial charge in [0.05, 0.1) is 22.6 Å². The van der Waals surface area contributed by atoms with E-state index < -0.39 is 11.0 Å². The van der Waals surface area contributed by atoms with Crippen molar-refractivity contribution in [2.45, 2.75) is 129 Å². The third kappa shape index (κ3) is 3.84. The summed E-state index contributed by atoms with van der Waals surface area (Å²) in [6.45, 7) is 28.1. The molecule has 1 aromatic rings. The molecule has 5 saturated carbocycles. The lowest BCUT2D eigenvalue weighted by molar-refractivity contribution is -0.258. The van der Waals surface area contributed by atoms with Crippen molar-refractivity contribution in [3.8, 4) is 0 Å². The molecular weight excluding hydrogens is 556 g/mol. The van der Waals surface area contributed by atoms with E-state index in [9.17, 15) is 9.90 Å². The number of carbonyl (C=O) groups excluding carboxylic acids is 1. The fourth-order valence-corrected chi connectivity index (χ4v) is 13.4. The van der Waals surface area contributed by atoms with Gasteiger partial charge in [-0.3, -0.25) is 19.8 Å². The fraction of sp³-hybridized carbons (Fsp3) is 0.744. The average Bonchev–Trinajstić information content (AvgIpc) is 3.37. The molecule has 6 rings (SSSR count). The molecule has 2 N–H and O–H groups in total. The fourth-order valence-electron chi connectivity index (χ4n) is 13.4. The van der Waals surface area contributed by atoms with Crippen LogP contribution in [-0.4, -0.2) is 53.2 Å². The van der Waals surface area contributed by atoms with Crippen molar-refractivity contribution >= 4 is 19.3 Å². The summed E-state index contributed by atoms with van der Waals surface area (Å²) in [6, 6.07) is 4.02. The normalized spacial score (nSPS) is 46.5. The number of aromatic nitrogens is 1. The lowest BCUT2D eigenvalue weighted by atomic mass is 9.29. The van der Waals surface area contributed by atoms with Gasteiger partial charge in [0.2, 0.25) is 5.91 Å². The van der Waals surface area contributed by atoms with Crippen LogP contribution >= 0.6 is 0 Å². The van der Waals surface area contributed by atoms with Gasteiger partial charge in [0.1, 0.15) is 0 Å². The number of carbonyl (C=O) groups is 1. The van der Waals surface area contributed by atoms with E-state index in [0.717, 1.165) is 81.8 Å². The molecule has 45 heavy (non-hydrogen) atoms. The van der Waals surface area contributed by atoms with Gasteiger partial charge in [0, 0.05) is 24.9 Å². The number of nitrogens with one attached hydrogen (secondary N) is 1. The van der Waals surface area contributed by atoms with Crippen LogP contribution in [0.1, 0.15) is 111 Å². The Morgan fingerprint density at radius 2 is 1.69 bits per heavy atom. The number of hydrogen-bond donors (Lipinski definition) is 2. The second kappa shape index (κ2) is 10.6. The third-order valence-electron chi connectivity index (χ3n) is 15.8. The average molecular weight is 615 g/mol. The Kier molecular flexibility index (Phi) is 7.67. The first-order valence-electron chi connectivity index (χ1n) is 17.6. The van der Waals surface area contributed by atoms with Gasteiger partial charge in [-0.05, 0) is 136 Å². The monoisotopic (exact) mass is 614 g/mol. The molecule has 5 aliphatic rings. The van der Waals surface area contributed by atoms with E-state index in [1.54, 1.807) is 6.20 Å². The number of fused-ring (bicyclic) bond motifs is 7. The zero-order chi connectivity index (χ0) is 32.7. The number of pyridine rings is 1. The van der Waals surface area contributed by atoms with Gasteiger partial charge in [-0.2, -0.15) is 0 Å². The van der Waals surface area contributed by atoms with Gasteiger partial charge in [-0.25, -0.2) is 0 Å². The maximum Gasteiger partial charge on any atom is 0.228 e. The van der Waals surface area contributed by atoms with E-state index in [0.29, 0.717) is 12.5 Å². The predicted octanol–water partition coefficient (Wildman–Crippen LogP) is 7.41. The highest BCUT2D eigenvalue weighted by Crippen LogP contribution is 2.80. The first-order chi connectivity index (χ1) is 21.2. The molecule has 0 aliphatic heterocycles. The number of aliphatic imine (C=N–C) groups is 2. The number of rotatable bonds is 7. The van der Waals surface area contributed by atoms with Crippen LogP contribution in [0.25, 0.3) is 0 Å². The SMILES string of the molecule is C=N[C@@]12[C@H]3CC[C@@]4(N=C)[C@@](C)(CC[C@H]5C(C)(C)[C@@H](O)CC[C@@]54C)[C@]3(C)CC[C@@]1(C(=O)NCCc1cccnc1)CC[C@H]2C(=C)C. The molecule has 1 heterocycles. The molecule has 10 atom stereocenters. The summed E-state index contributed by atoms with van der Waals surface area (Å²) >= 11 is 0. The van der Waals surface area contributed by atoms with Gasteiger partial charge >= 0.3 is 0 Å². The van der Waals surface area contributed by atoms with Crippen molar-refractivity contribution in [3.05, 3.63) is 42.2 Å². The molecule has 0 spiro atoms. The van der Waals surface area contributed by atoms with Crippen LogP contribution in [0.2, 0.25) is 0 Å². The Morgan fingerprint density at radius 1 is 0.956 bits per heavy atom. The summed E-state index contributed by atoms with van der Waals surface area (Å²) in [5.74, 6) is 0.827. The smallest absolute Gasteiger partial charge is 0.228 e. The topological polar surface area (TPSA) is 86.9 Å². The van der Waals surface area contributed by atoms with Crippen LogP contribution in [-0.2, 0) is 11.2 Å². The minimum absolute atomic E-state index is 0.0606. The van der Waals surface area contributed by atoms with Gasteiger partial charge in [0.25, 0.3) is 0 Å². The first-order valence-corrected chi connectivity index (χ1v) is 17.6. The summed E-state index contributed by atoms with van der Waals surface area (Å²) < 4.78 is 0. The van der Waals surface area contributed by atoms with Crippen LogP contribution in [0.4, 0.5) is 0 Å². The minimum atomic E-state index is -0.611. The second-order valence-electron chi connectivity index (χ2n) is 17.1. The maximum absolute atomic E-state index is 14.6. The largest absolute Gasteiger partial charge is 0.393 e. The zero-order valence-corrected chi connectivity index (χ0v) is 28.9. The summed E-state index contributed by atoms with van der Waals surface area (Å²) in [5.41, 5.74) is 0.261. The molecule has 0 bridgehead atoms. The van der Waals surface area contributed by atoms with Crippen molar-refractivity contribution in [2.24, 2.45) is 54.8 Å². The van der Waals surface area contributed by atoms with Gasteiger partial charge < -0.3 is 10.4 Å². The van der Waals surface area contributed by atoms with E-state index in [-0.39, 0.29) is 51.0 Å². The third-order valence-corrected chi connectivity index (χ3v) is 15.8. The van der Waals surface area contributed by atoms with E-state index in [4.69, 9.17) is 9.98 Å². The molecule has 246 valence electrons.